The highest BCUT2D eigenvalue weighted by molar-refractivity contribution is 5.81. The van der Waals surface area contributed by atoms with Crippen LogP contribution in [0.1, 0.15) is 37.4 Å². The van der Waals surface area contributed by atoms with E-state index in [1.807, 2.05) is 63.2 Å². The first-order valence-electron chi connectivity index (χ1n) is 8.21. The highest BCUT2D eigenvalue weighted by Gasteiger charge is 2.21. The molecule has 0 aromatic heterocycles. The number of para-hydroxylation sites is 2. The zero-order chi connectivity index (χ0) is 17.5. The molecule has 0 heterocycles. The van der Waals surface area contributed by atoms with Crippen LogP contribution in [0.2, 0.25) is 0 Å². The van der Waals surface area contributed by atoms with Gasteiger partial charge in [0.25, 0.3) is 5.91 Å². The van der Waals surface area contributed by atoms with Crippen LogP contribution in [-0.4, -0.2) is 19.1 Å². The van der Waals surface area contributed by atoms with Gasteiger partial charge in [0.05, 0.1) is 13.2 Å². The zero-order valence-electron chi connectivity index (χ0n) is 14.7. The summed E-state index contributed by atoms with van der Waals surface area (Å²) in [6.07, 6.45) is 0.0130. The van der Waals surface area contributed by atoms with E-state index in [-0.39, 0.29) is 11.9 Å². The molecule has 0 saturated carbocycles. The second-order valence-electron chi connectivity index (χ2n) is 5.81. The predicted molar refractivity (Wildman–Crippen MR) is 95.4 cm³/mol. The molecule has 1 N–H and O–H groups in total. The summed E-state index contributed by atoms with van der Waals surface area (Å²) >= 11 is 0. The van der Waals surface area contributed by atoms with Crippen molar-refractivity contribution in [2.45, 2.75) is 39.3 Å². The van der Waals surface area contributed by atoms with Gasteiger partial charge in [-0.2, -0.15) is 0 Å². The Kier molecular flexibility index (Phi) is 6.24. The molecule has 0 saturated heterocycles. The van der Waals surface area contributed by atoms with Gasteiger partial charge in [0.2, 0.25) is 0 Å². The normalized spacial score (nSPS) is 13.0. The fourth-order valence-electron chi connectivity index (χ4n) is 2.44. The number of rotatable bonds is 7. The highest BCUT2D eigenvalue weighted by Crippen LogP contribution is 2.27. The van der Waals surface area contributed by atoms with E-state index in [9.17, 15) is 4.79 Å². The lowest BCUT2D eigenvalue weighted by atomic mass is 10.1. The van der Waals surface area contributed by atoms with E-state index < -0.39 is 6.10 Å². The van der Waals surface area contributed by atoms with Gasteiger partial charge in [-0.3, -0.25) is 4.79 Å². The molecule has 2 rings (SSSR count). The molecule has 0 aliphatic rings. The van der Waals surface area contributed by atoms with Crippen molar-refractivity contribution in [3.05, 3.63) is 59.7 Å². The average Bonchev–Trinajstić information content (AvgIpc) is 2.60. The fraction of sp³-hybridized carbons (Fsp3) is 0.350. The van der Waals surface area contributed by atoms with Gasteiger partial charge in [-0.1, -0.05) is 48.9 Å². The van der Waals surface area contributed by atoms with E-state index in [1.165, 1.54) is 5.56 Å². The molecule has 0 radical (unpaired) electrons. The van der Waals surface area contributed by atoms with Gasteiger partial charge < -0.3 is 14.8 Å². The molecule has 2 atom stereocenters. The maximum absolute atomic E-state index is 12.6. The van der Waals surface area contributed by atoms with Crippen molar-refractivity contribution in [3.8, 4) is 11.5 Å². The van der Waals surface area contributed by atoms with Crippen molar-refractivity contribution in [2.24, 2.45) is 0 Å². The maximum Gasteiger partial charge on any atom is 0.261 e. The third-order valence-corrected chi connectivity index (χ3v) is 3.94. The number of amides is 1. The SMILES string of the molecule is CC[C@@H](Oc1ccccc1OC)C(=O)N[C@@H](C)c1ccc(C)cc1. The number of carbonyl (C=O) groups is 1. The van der Waals surface area contributed by atoms with Crippen LogP contribution in [0.15, 0.2) is 48.5 Å². The zero-order valence-corrected chi connectivity index (χ0v) is 14.7. The Hall–Kier alpha value is -2.49. The monoisotopic (exact) mass is 327 g/mol. The molecule has 2 aromatic carbocycles. The number of aryl methyl sites for hydroxylation is 1. The first kappa shape index (κ1) is 17.9. The average molecular weight is 327 g/mol. The molecule has 4 heteroatoms. The first-order chi connectivity index (χ1) is 11.5. The molecule has 0 bridgehead atoms. The van der Waals surface area contributed by atoms with E-state index in [0.717, 1.165) is 5.56 Å². The fourth-order valence-corrected chi connectivity index (χ4v) is 2.44. The molecule has 24 heavy (non-hydrogen) atoms. The van der Waals surface area contributed by atoms with Crippen LogP contribution in [0.5, 0.6) is 11.5 Å². The number of nitrogens with one attached hydrogen (secondary N) is 1. The highest BCUT2D eigenvalue weighted by atomic mass is 16.5. The Balaban J connectivity index is 2.04. The van der Waals surface area contributed by atoms with E-state index >= 15 is 0 Å². The van der Waals surface area contributed by atoms with Crippen molar-refractivity contribution in [2.75, 3.05) is 7.11 Å². The first-order valence-corrected chi connectivity index (χ1v) is 8.21. The summed E-state index contributed by atoms with van der Waals surface area (Å²) in [6.45, 7) is 5.94. The molecule has 0 aliphatic heterocycles. The van der Waals surface area contributed by atoms with Crippen molar-refractivity contribution in [1.82, 2.24) is 5.32 Å². The van der Waals surface area contributed by atoms with Gasteiger partial charge in [0.15, 0.2) is 17.6 Å². The van der Waals surface area contributed by atoms with E-state index in [2.05, 4.69) is 5.32 Å². The standard InChI is InChI=1S/C20H25NO3/c1-5-17(24-19-9-7-6-8-18(19)23-4)20(22)21-15(3)16-12-10-14(2)11-13-16/h6-13,15,17H,5H2,1-4H3,(H,21,22)/t15-,17+/m0/s1. The van der Waals surface area contributed by atoms with Gasteiger partial charge in [-0.05, 0) is 38.0 Å². The number of methoxy groups -OCH3 is 1. The van der Waals surface area contributed by atoms with Crippen molar-refractivity contribution < 1.29 is 14.3 Å². The molecular weight excluding hydrogens is 302 g/mol. The summed E-state index contributed by atoms with van der Waals surface area (Å²) in [5.41, 5.74) is 2.27. The molecular formula is C20H25NO3. The Bertz CT molecular complexity index is 667. The van der Waals surface area contributed by atoms with Crippen LogP contribution in [0.3, 0.4) is 0 Å². The van der Waals surface area contributed by atoms with Gasteiger partial charge in [-0.25, -0.2) is 0 Å². The molecule has 0 aliphatic carbocycles. The van der Waals surface area contributed by atoms with Crippen LogP contribution in [-0.2, 0) is 4.79 Å². The van der Waals surface area contributed by atoms with Crippen LogP contribution < -0.4 is 14.8 Å². The second kappa shape index (κ2) is 8.39. The summed E-state index contributed by atoms with van der Waals surface area (Å²) in [6, 6.07) is 15.4. The van der Waals surface area contributed by atoms with E-state index in [0.29, 0.717) is 17.9 Å². The number of carbonyl (C=O) groups excluding carboxylic acids is 1. The smallest absolute Gasteiger partial charge is 0.261 e. The Morgan fingerprint density at radius 1 is 1.08 bits per heavy atom. The number of ether oxygens (including phenoxy) is 2. The molecule has 0 unspecified atom stereocenters. The summed E-state index contributed by atoms with van der Waals surface area (Å²) < 4.78 is 11.1. The van der Waals surface area contributed by atoms with E-state index in [4.69, 9.17) is 9.47 Å². The van der Waals surface area contributed by atoms with Crippen LogP contribution >= 0.6 is 0 Å². The van der Waals surface area contributed by atoms with Gasteiger partial charge in [0, 0.05) is 0 Å². The molecule has 128 valence electrons. The molecule has 2 aromatic rings. The molecule has 1 amide bonds. The van der Waals surface area contributed by atoms with Crippen LogP contribution in [0.25, 0.3) is 0 Å². The Morgan fingerprint density at radius 2 is 1.71 bits per heavy atom. The van der Waals surface area contributed by atoms with Crippen molar-refractivity contribution in [3.63, 3.8) is 0 Å². The van der Waals surface area contributed by atoms with Gasteiger partial charge >= 0.3 is 0 Å². The number of benzene rings is 2. The third kappa shape index (κ3) is 4.51. The largest absolute Gasteiger partial charge is 0.493 e. The maximum atomic E-state index is 12.6. The number of hydrogen-bond acceptors (Lipinski definition) is 3. The predicted octanol–water partition coefficient (Wildman–Crippen LogP) is 4.04. The van der Waals surface area contributed by atoms with Crippen molar-refractivity contribution in [1.29, 1.82) is 0 Å². The van der Waals surface area contributed by atoms with Crippen LogP contribution in [0.4, 0.5) is 0 Å². The van der Waals surface area contributed by atoms with Crippen molar-refractivity contribution >= 4 is 5.91 Å². The minimum Gasteiger partial charge on any atom is -0.493 e. The molecule has 0 fully saturated rings. The quantitative estimate of drug-likeness (QED) is 0.835. The minimum atomic E-state index is -0.561. The second-order valence-corrected chi connectivity index (χ2v) is 5.81. The number of hydrogen-bond donors (Lipinski definition) is 1. The summed E-state index contributed by atoms with van der Waals surface area (Å²) in [5, 5.41) is 3.02. The third-order valence-electron chi connectivity index (χ3n) is 3.94. The molecule has 0 spiro atoms. The summed E-state index contributed by atoms with van der Waals surface area (Å²) in [5.74, 6) is 1.07. The lowest BCUT2D eigenvalue weighted by Gasteiger charge is -2.21. The lowest BCUT2D eigenvalue weighted by molar-refractivity contribution is -0.128. The Labute approximate surface area is 143 Å². The Morgan fingerprint density at radius 3 is 2.29 bits per heavy atom. The van der Waals surface area contributed by atoms with Gasteiger partial charge in [0.1, 0.15) is 0 Å². The topological polar surface area (TPSA) is 47.6 Å². The van der Waals surface area contributed by atoms with Crippen LogP contribution in [0, 0.1) is 6.92 Å². The molecule has 4 nitrogen and oxygen atoms in total. The minimum absolute atomic E-state index is 0.0755. The summed E-state index contributed by atoms with van der Waals surface area (Å²) in [7, 11) is 1.59. The summed E-state index contributed by atoms with van der Waals surface area (Å²) in [4.78, 5) is 12.6. The van der Waals surface area contributed by atoms with E-state index in [1.54, 1.807) is 13.2 Å². The lowest BCUT2D eigenvalue weighted by Crippen LogP contribution is -2.39. The van der Waals surface area contributed by atoms with Gasteiger partial charge in [-0.15, -0.1) is 0 Å².